The van der Waals surface area contributed by atoms with Crippen LogP contribution < -0.4 is 5.32 Å². The van der Waals surface area contributed by atoms with Crippen molar-refractivity contribution in [1.82, 2.24) is 0 Å². The molecule has 0 heterocycles. The predicted molar refractivity (Wildman–Crippen MR) is 64.8 cm³/mol. The minimum atomic E-state index is -1.47. The van der Waals surface area contributed by atoms with E-state index in [9.17, 15) is 17.6 Å². The summed E-state index contributed by atoms with van der Waals surface area (Å²) >= 11 is 0. The fourth-order valence-electron chi connectivity index (χ4n) is 1.62. The number of halogens is 4. The van der Waals surface area contributed by atoms with Gasteiger partial charge in [0.2, 0.25) is 0 Å². The molecule has 0 spiro atoms. The Morgan fingerprint density at radius 2 is 1.50 bits per heavy atom. The summed E-state index contributed by atoms with van der Waals surface area (Å²) < 4.78 is 52.7. The van der Waals surface area contributed by atoms with Crippen molar-refractivity contribution >= 4 is 5.69 Å². The minimum Gasteiger partial charge on any atom is -0.376 e. The lowest BCUT2D eigenvalue weighted by atomic mass is 10.1. The summed E-state index contributed by atoms with van der Waals surface area (Å²) in [5.41, 5.74) is 0.183. The van der Waals surface area contributed by atoms with Gasteiger partial charge in [-0.15, -0.1) is 0 Å². The third kappa shape index (κ3) is 2.72. The number of anilines is 1. The van der Waals surface area contributed by atoms with E-state index in [0.29, 0.717) is 11.1 Å². The van der Waals surface area contributed by atoms with E-state index in [1.807, 2.05) is 6.07 Å². The van der Waals surface area contributed by atoms with Crippen LogP contribution in [0.25, 0.3) is 0 Å². The lowest BCUT2D eigenvalue weighted by molar-refractivity contribution is 0.458. The van der Waals surface area contributed by atoms with Crippen molar-refractivity contribution in [2.24, 2.45) is 0 Å². The molecule has 0 unspecified atom stereocenters. The van der Waals surface area contributed by atoms with Crippen LogP contribution in [0.3, 0.4) is 0 Å². The highest BCUT2D eigenvalue weighted by Crippen LogP contribution is 2.24. The first-order valence-corrected chi connectivity index (χ1v) is 5.59. The highest BCUT2D eigenvalue weighted by molar-refractivity contribution is 5.48. The first kappa shape index (κ1) is 13.9. The maximum atomic E-state index is 13.4. The lowest BCUT2D eigenvalue weighted by Crippen LogP contribution is -2.07. The first-order valence-electron chi connectivity index (χ1n) is 5.59. The third-order valence-electron chi connectivity index (χ3n) is 2.66. The quantitative estimate of drug-likeness (QED) is 0.687. The van der Waals surface area contributed by atoms with Crippen LogP contribution in [0.1, 0.15) is 11.1 Å². The van der Waals surface area contributed by atoms with Crippen LogP contribution in [0.2, 0.25) is 0 Å². The van der Waals surface area contributed by atoms with E-state index >= 15 is 0 Å². The number of hydrogen-bond donors (Lipinski definition) is 1. The Morgan fingerprint density at radius 3 is 2.00 bits per heavy atom. The van der Waals surface area contributed by atoms with Gasteiger partial charge in [-0.1, -0.05) is 12.1 Å². The van der Waals surface area contributed by atoms with Crippen molar-refractivity contribution in [3.63, 3.8) is 0 Å². The molecule has 0 saturated heterocycles. The number of rotatable bonds is 3. The van der Waals surface area contributed by atoms with Gasteiger partial charge in [-0.2, -0.15) is 5.26 Å². The smallest absolute Gasteiger partial charge is 0.185 e. The molecule has 102 valence electrons. The standard InChI is InChI=1S/C14H8F4N2/c15-10-5-11(16)13(18)14(12(10)17)20-7-9-3-1-8(6-19)2-4-9/h1-5,20H,7H2. The van der Waals surface area contributed by atoms with Crippen molar-refractivity contribution in [3.8, 4) is 6.07 Å². The molecule has 0 amide bonds. The van der Waals surface area contributed by atoms with Gasteiger partial charge in [0.15, 0.2) is 23.3 Å². The van der Waals surface area contributed by atoms with Gasteiger partial charge in [0.25, 0.3) is 0 Å². The van der Waals surface area contributed by atoms with Crippen LogP contribution in [-0.2, 0) is 6.54 Å². The normalized spacial score (nSPS) is 10.2. The molecule has 0 aliphatic rings. The van der Waals surface area contributed by atoms with Gasteiger partial charge in [0, 0.05) is 12.6 Å². The molecule has 0 aliphatic carbocycles. The van der Waals surface area contributed by atoms with Crippen molar-refractivity contribution in [1.29, 1.82) is 5.26 Å². The zero-order valence-corrected chi connectivity index (χ0v) is 10.1. The number of nitrogens with one attached hydrogen (secondary N) is 1. The molecule has 0 radical (unpaired) electrons. The van der Waals surface area contributed by atoms with Crippen molar-refractivity contribution in [2.75, 3.05) is 5.32 Å². The second kappa shape index (κ2) is 5.61. The number of hydrogen-bond acceptors (Lipinski definition) is 2. The Hall–Kier alpha value is -2.55. The maximum absolute atomic E-state index is 13.4. The van der Waals surface area contributed by atoms with Gasteiger partial charge in [-0.05, 0) is 17.7 Å². The van der Waals surface area contributed by atoms with Crippen molar-refractivity contribution in [3.05, 3.63) is 64.7 Å². The van der Waals surface area contributed by atoms with Gasteiger partial charge in [-0.3, -0.25) is 0 Å². The summed E-state index contributed by atoms with van der Waals surface area (Å²) in [5.74, 6) is -5.88. The maximum Gasteiger partial charge on any atom is 0.185 e. The molecule has 2 aromatic carbocycles. The molecule has 2 rings (SSSR count). The van der Waals surface area contributed by atoms with E-state index in [1.165, 1.54) is 12.1 Å². The summed E-state index contributed by atoms with van der Waals surface area (Å²) in [6.45, 7) is -0.0392. The molecule has 0 aromatic heterocycles. The van der Waals surface area contributed by atoms with E-state index in [-0.39, 0.29) is 12.6 Å². The molecule has 2 aromatic rings. The Labute approximate surface area is 112 Å². The lowest BCUT2D eigenvalue weighted by Gasteiger charge is -2.10. The number of nitriles is 1. The second-order valence-corrected chi connectivity index (χ2v) is 4.01. The Kier molecular flexibility index (Phi) is 3.89. The fraction of sp³-hybridized carbons (Fsp3) is 0.0714. The highest BCUT2D eigenvalue weighted by atomic mass is 19.2. The van der Waals surface area contributed by atoms with E-state index < -0.39 is 29.0 Å². The average molecular weight is 280 g/mol. The summed E-state index contributed by atoms with van der Waals surface area (Å²) in [4.78, 5) is 0. The summed E-state index contributed by atoms with van der Waals surface area (Å²) in [6, 6.07) is 8.25. The molecule has 2 nitrogen and oxygen atoms in total. The first-order chi connectivity index (χ1) is 9.52. The van der Waals surface area contributed by atoms with Gasteiger partial charge >= 0.3 is 0 Å². The average Bonchev–Trinajstić information content (AvgIpc) is 2.46. The molecule has 6 heteroatoms. The molecule has 0 aliphatic heterocycles. The Balaban J connectivity index is 2.20. The minimum absolute atomic E-state index is 0.0392. The molecular formula is C14H8F4N2. The Morgan fingerprint density at radius 1 is 0.950 bits per heavy atom. The van der Waals surface area contributed by atoms with Gasteiger partial charge in [-0.25, -0.2) is 17.6 Å². The third-order valence-corrected chi connectivity index (χ3v) is 2.66. The summed E-state index contributed by atoms with van der Waals surface area (Å²) in [7, 11) is 0. The van der Waals surface area contributed by atoms with Crippen LogP contribution in [0.5, 0.6) is 0 Å². The topological polar surface area (TPSA) is 35.8 Å². The predicted octanol–water partition coefficient (Wildman–Crippen LogP) is 3.73. The van der Waals surface area contributed by atoms with E-state index in [4.69, 9.17) is 5.26 Å². The van der Waals surface area contributed by atoms with Crippen molar-refractivity contribution < 1.29 is 17.6 Å². The summed E-state index contributed by atoms with van der Waals surface area (Å²) in [6.07, 6.45) is 0. The van der Waals surface area contributed by atoms with E-state index in [1.54, 1.807) is 12.1 Å². The fourth-order valence-corrected chi connectivity index (χ4v) is 1.62. The molecule has 20 heavy (non-hydrogen) atoms. The van der Waals surface area contributed by atoms with Crippen LogP contribution in [-0.4, -0.2) is 0 Å². The molecular weight excluding hydrogens is 272 g/mol. The van der Waals surface area contributed by atoms with Crippen LogP contribution in [0.4, 0.5) is 23.2 Å². The van der Waals surface area contributed by atoms with E-state index in [0.717, 1.165) is 0 Å². The molecule has 0 saturated carbocycles. The Bertz CT molecular complexity index is 649. The van der Waals surface area contributed by atoms with Gasteiger partial charge < -0.3 is 5.32 Å². The number of nitrogens with zero attached hydrogens (tertiary/aromatic N) is 1. The zero-order valence-electron chi connectivity index (χ0n) is 10.1. The number of benzene rings is 2. The van der Waals surface area contributed by atoms with Crippen LogP contribution in [0.15, 0.2) is 30.3 Å². The largest absolute Gasteiger partial charge is 0.376 e. The zero-order chi connectivity index (χ0) is 14.7. The molecule has 0 bridgehead atoms. The summed E-state index contributed by atoms with van der Waals surface area (Å²) in [5, 5.41) is 10.9. The van der Waals surface area contributed by atoms with Gasteiger partial charge in [0.1, 0.15) is 5.69 Å². The second-order valence-electron chi connectivity index (χ2n) is 4.01. The van der Waals surface area contributed by atoms with E-state index in [2.05, 4.69) is 5.32 Å². The van der Waals surface area contributed by atoms with Crippen LogP contribution in [0, 0.1) is 34.6 Å². The molecule has 0 atom stereocenters. The molecule has 0 fully saturated rings. The monoisotopic (exact) mass is 280 g/mol. The molecule has 1 N–H and O–H groups in total. The van der Waals surface area contributed by atoms with Crippen molar-refractivity contribution in [2.45, 2.75) is 6.54 Å². The van der Waals surface area contributed by atoms with Gasteiger partial charge in [0.05, 0.1) is 11.6 Å². The SMILES string of the molecule is N#Cc1ccc(CNc2c(F)c(F)cc(F)c2F)cc1. The highest BCUT2D eigenvalue weighted by Gasteiger charge is 2.18. The van der Waals surface area contributed by atoms with Crippen LogP contribution >= 0.6 is 0 Å².